The molecule has 0 spiro atoms. The zero-order valence-electron chi connectivity index (χ0n) is 27.4. The molecular weight excluding hydrogens is 607 g/mol. The summed E-state index contributed by atoms with van der Waals surface area (Å²) in [6, 6.07) is 71.0. The van der Waals surface area contributed by atoms with Crippen molar-refractivity contribution < 1.29 is 4.42 Å². The minimum absolute atomic E-state index is 0.885. The van der Waals surface area contributed by atoms with E-state index >= 15 is 0 Å². The Bertz CT molecular complexity index is 2530. The van der Waals surface area contributed by atoms with Crippen LogP contribution in [0.3, 0.4) is 0 Å². The third-order valence-corrected chi connectivity index (χ3v) is 9.49. The summed E-state index contributed by atoms with van der Waals surface area (Å²) in [7, 11) is 0. The fourth-order valence-corrected chi connectivity index (χ4v) is 6.94. The number of nitrogens with zero attached hydrogens (tertiary/aromatic N) is 1. The highest BCUT2D eigenvalue weighted by Gasteiger charge is 2.19. The Morgan fingerprint density at radius 3 is 1.28 bits per heavy atom. The van der Waals surface area contributed by atoms with E-state index < -0.39 is 0 Å². The zero-order chi connectivity index (χ0) is 33.3. The van der Waals surface area contributed by atoms with Gasteiger partial charge in [-0.15, -0.1) is 0 Å². The second kappa shape index (κ2) is 12.8. The molecule has 1 aromatic heterocycles. The molecule has 0 N–H and O–H groups in total. The van der Waals surface area contributed by atoms with Gasteiger partial charge in [0.2, 0.25) is 0 Å². The van der Waals surface area contributed by atoms with Gasteiger partial charge in [-0.05, 0) is 81.4 Å². The predicted molar refractivity (Wildman–Crippen MR) is 210 cm³/mol. The number of fused-ring (bicyclic) bond motifs is 3. The highest BCUT2D eigenvalue weighted by Crippen LogP contribution is 2.44. The molecule has 9 aromatic rings. The van der Waals surface area contributed by atoms with E-state index in [9.17, 15) is 0 Å². The average Bonchev–Trinajstić information content (AvgIpc) is 3.58. The maximum atomic E-state index is 6.58. The molecule has 2 heteroatoms. The molecule has 0 radical (unpaired) electrons. The number of benzene rings is 8. The lowest BCUT2D eigenvalue weighted by atomic mass is 9.97. The minimum atomic E-state index is 0.885. The van der Waals surface area contributed by atoms with Crippen LogP contribution in [0.25, 0.3) is 66.4 Å². The third-order valence-electron chi connectivity index (χ3n) is 9.49. The van der Waals surface area contributed by atoms with Crippen LogP contribution in [0.1, 0.15) is 0 Å². The fourth-order valence-electron chi connectivity index (χ4n) is 6.94. The van der Waals surface area contributed by atoms with Crippen molar-refractivity contribution in [3.8, 4) is 44.5 Å². The lowest BCUT2D eigenvalue weighted by Crippen LogP contribution is -2.10. The quantitative estimate of drug-likeness (QED) is 0.173. The van der Waals surface area contributed by atoms with E-state index in [-0.39, 0.29) is 0 Å². The van der Waals surface area contributed by atoms with E-state index in [1.54, 1.807) is 0 Å². The summed E-state index contributed by atoms with van der Waals surface area (Å²) >= 11 is 0. The summed E-state index contributed by atoms with van der Waals surface area (Å²) in [5.41, 5.74) is 14.4. The fraction of sp³-hybridized carbons (Fsp3) is 0. The zero-order valence-corrected chi connectivity index (χ0v) is 27.4. The Labute approximate surface area is 292 Å². The summed E-state index contributed by atoms with van der Waals surface area (Å²) < 4.78 is 6.58. The van der Waals surface area contributed by atoms with Gasteiger partial charge in [0.25, 0.3) is 0 Å². The molecule has 0 aliphatic rings. The molecule has 0 unspecified atom stereocenters. The van der Waals surface area contributed by atoms with Crippen molar-refractivity contribution in [2.24, 2.45) is 0 Å². The van der Waals surface area contributed by atoms with Crippen molar-refractivity contribution in [1.29, 1.82) is 0 Å². The normalized spacial score (nSPS) is 11.2. The van der Waals surface area contributed by atoms with Gasteiger partial charge in [-0.1, -0.05) is 158 Å². The van der Waals surface area contributed by atoms with Gasteiger partial charge in [-0.3, -0.25) is 0 Å². The standard InChI is InChI=1S/C48H33NO/c1-4-12-34(13-5-1)36-20-22-38(23-21-36)39-28-30-42(31-29-39)49(41-16-8-3-9-17-41)43-32-45(48-46(33-43)44-18-10-11-19-47(44)50-48)40-26-24-37(25-27-40)35-14-6-2-7-15-35/h1-33H. The van der Waals surface area contributed by atoms with Gasteiger partial charge in [0.15, 0.2) is 0 Å². The first-order valence-electron chi connectivity index (χ1n) is 17.0. The SMILES string of the molecule is c1ccc(-c2ccc(-c3ccc(N(c4ccccc4)c4cc(-c5ccc(-c6ccccc6)cc5)c5oc6ccccc6c5c4)cc3)cc2)cc1. The summed E-state index contributed by atoms with van der Waals surface area (Å²) in [5, 5.41) is 2.20. The molecule has 0 aliphatic heterocycles. The van der Waals surface area contributed by atoms with Gasteiger partial charge in [0, 0.05) is 33.4 Å². The van der Waals surface area contributed by atoms with Crippen molar-refractivity contribution in [1.82, 2.24) is 0 Å². The largest absolute Gasteiger partial charge is 0.455 e. The molecule has 2 nitrogen and oxygen atoms in total. The molecule has 0 atom stereocenters. The number of rotatable bonds is 7. The van der Waals surface area contributed by atoms with Crippen LogP contribution >= 0.6 is 0 Å². The van der Waals surface area contributed by atoms with E-state index in [2.05, 4.69) is 199 Å². The van der Waals surface area contributed by atoms with E-state index in [4.69, 9.17) is 4.42 Å². The van der Waals surface area contributed by atoms with Crippen LogP contribution < -0.4 is 4.90 Å². The first-order valence-corrected chi connectivity index (χ1v) is 17.0. The molecule has 50 heavy (non-hydrogen) atoms. The third kappa shape index (κ3) is 5.53. The monoisotopic (exact) mass is 639 g/mol. The molecule has 0 bridgehead atoms. The van der Waals surface area contributed by atoms with Crippen LogP contribution in [0.15, 0.2) is 205 Å². The number of hydrogen-bond donors (Lipinski definition) is 0. The maximum absolute atomic E-state index is 6.58. The molecule has 0 aliphatic carbocycles. The molecule has 0 saturated carbocycles. The van der Waals surface area contributed by atoms with E-state index in [0.29, 0.717) is 0 Å². The Kier molecular flexibility index (Phi) is 7.53. The number of anilines is 3. The van der Waals surface area contributed by atoms with E-state index in [1.165, 1.54) is 33.4 Å². The molecular formula is C48H33NO. The van der Waals surface area contributed by atoms with Gasteiger partial charge < -0.3 is 9.32 Å². The lowest BCUT2D eigenvalue weighted by Gasteiger charge is -2.26. The van der Waals surface area contributed by atoms with Crippen LogP contribution in [0, 0.1) is 0 Å². The van der Waals surface area contributed by atoms with Crippen LogP contribution in [0.5, 0.6) is 0 Å². The molecule has 0 fully saturated rings. The van der Waals surface area contributed by atoms with Crippen LogP contribution in [0.2, 0.25) is 0 Å². The van der Waals surface area contributed by atoms with Crippen molar-refractivity contribution in [2.75, 3.05) is 4.90 Å². The Balaban J connectivity index is 1.15. The van der Waals surface area contributed by atoms with E-state index in [1.807, 2.05) is 6.07 Å². The predicted octanol–water partition coefficient (Wildman–Crippen LogP) is 13.7. The molecule has 0 saturated heterocycles. The van der Waals surface area contributed by atoms with Crippen molar-refractivity contribution in [3.05, 3.63) is 200 Å². The molecule has 8 aromatic carbocycles. The number of hydrogen-bond acceptors (Lipinski definition) is 2. The Morgan fingerprint density at radius 2 is 0.720 bits per heavy atom. The number of furan rings is 1. The second-order valence-electron chi connectivity index (χ2n) is 12.6. The van der Waals surface area contributed by atoms with Crippen molar-refractivity contribution in [3.63, 3.8) is 0 Å². The smallest absolute Gasteiger partial charge is 0.143 e. The van der Waals surface area contributed by atoms with Crippen LogP contribution in [0.4, 0.5) is 17.1 Å². The van der Waals surface area contributed by atoms with E-state index in [0.717, 1.165) is 50.1 Å². The van der Waals surface area contributed by atoms with Gasteiger partial charge >= 0.3 is 0 Å². The minimum Gasteiger partial charge on any atom is -0.455 e. The van der Waals surface area contributed by atoms with Gasteiger partial charge in [0.05, 0.1) is 0 Å². The molecule has 1 heterocycles. The first kappa shape index (κ1) is 29.5. The molecule has 9 rings (SSSR count). The summed E-state index contributed by atoms with van der Waals surface area (Å²) in [6.45, 7) is 0. The average molecular weight is 640 g/mol. The Morgan fingerprint density at radius 1 is 0.300 bits per heavy atom. The van der Waals surface area contributed by atoms with Gasteiger partial charge in [0.1, 0.15) is 11.2 Å². The maximum Gasteiger partial charge on any atom is 0.143 e. The van der Waals surface area contributed by atoms with Crippen molar-refractivity contribution in [2.45, 2.75) is 0 Å². The first-order chi connectivity index (χ1) is 24.8. The lowest BCUT2D eigenvalue weighted by molar-refractivity contribution is 0.670. The molecule has 236 valence electrons. The highest BCUT2D eigenvalue weighted by molar-refractivity contribution is 6.11. The van der Waals surface area contributed by atoms with Crippen molar-refractivity contribution >= 4 is 39.0 Å². The topological polar surface area (TPSA) is 16.4 Å². The Hall–Kier alpha value is -6.64. The summed E-state index contributed by atoms with van der Waals surface area (Å²) in [4.78, 5) is 2.34. The highest BCUT2D eigenvalue weighted by atomic mass is 16.3. The summed E-state index contributed by atoms with van der Waals surface area (Å²) in [6.07, 6.45) is 0. The second-order valence-corrected chi connectivity index (χ2v) is 12.6. The summed E-state index contributed by atoms with van der Waals surface area (Å²) in [5.74, 6) is 0. The van der Waals surface area contributed by atoms with Gasteiger partial charge in [-0.2, -0.15) is 0 Å². The molecule has 0 amide bonds. The van der Waals surface area contributed by atoms with Gasteiger partial charge in [-0.25, -0.2) is 0 Å². The number of para-hydroxylation sites is 2. The van der Waals surface area contributed by atoms with Crippen LogP contribution in [-0.2, 0) is 0 Å². The van der Waals surface area contributed by atoms with Crippen LogP contribution in [-0.4, -0.2) is 0 Å².